The van der Waals surface area contributed by atoms with Gasteiger partial charge in [-0.15, -0.1) is 0 Å². The van der Waals surface area contributed by atoms with Gasteiger partial charge < -0.3 is 9.64 Å². The van der Waals surface area contributed by atoms with Gasteiger partial charge in [-0.05, 0) is 56.5 Å². The predicted molar refractivity (Wildman–Crippen MR) is 111 cm³/mol. The zero-order chi connectivity index (χ0) is 21.0. The molecular weight excluding hydrogens is 388 g/mol. The molecule has 2 unspecified atom stereocenters. The lowest BCUT2D eigenvalue weighted by Crippen LogP contribution is -2.56. The Morgan fingerprint density at radius 1 is 1.21 bits per heavy atom. The van der Waals surface area contributed by atoms with E-state index in [1.807, 2.05) is 24.3 Å². The smallest absolute Gasteiger partial charge is 0.264 e. The van der Waals surface area contributed by atoms with Crippen molar-refractivity contribution in [1.82, 2.24) is 4.90 Å². The molecule has 0 aromatic heterocycles. The minimum atomic E-state index is -1.09. The second-order valence-electron chi connectivity index (χ2n) is 7.26. The van der Waals surface area contributed by atoms with Gasteiger partial charge in [0.15, 0.2) is 11.9 Å². The van der Waals surface area contributed by atoms with Crippen LogP contribution >= 0.6 is 11.6 Å². The molecule has 1 amide bonds. The maximum atomic E-state index is 13.3. The summed E-state index contributed by atoms with van der Waals surface area (Å²) in [7, 11) is 1.65. The van der Waals surface area contributed by atoms with Crippen LogP contribution in [0.5, 0.6) is 5.75 Å². The highest BCUT2D eigenvalue weighted by atomic mass is 35.5. The van der Waals surface area contributed by atoms with Crippen molar-refractivity contribution in [3.05, 3.63) is 64.7 Å². The third-order valence-corrected chi connectivity index (χ3v) is 5.85. The largest absolute Gasteiger partial charge is 0.481 e. The third kappa shape index (κ3) is 3.99. The third-order valence-electron chi connectivity index (χ3n) is 5.52. The number of nitriles is 1. The Balaban J connectivity index is 1.90. The topological polar surface area (TPSA) is 70.4 Å². The number of Topliss-reactive ketones (excluding diaryl/α,β-unsaturated/α-hetero) is 1. The van der Waals surface area contributed by atoms with Crippen LogP contribution in [-0.2, 0) is 15.1 Å². The van der Waals surface area contributed by atoms with Crippen molar-refractivity contribution in [2.45, 2.75) is 44.2 Å². The first kappa shape index (κ1) is 20.9. The number of benzene rings is 2. The van der Waals surface area contributed by atoms with E-state index in [9.17, 15) is 9.59 Å². The number of halogens is 1. The molecule has 0 heterocycles. The number of hydrogen-bond donors (Lipinski definition) is 0. The molecule has 1 saturated carbocycles. The molecule has 1 aliphatic rings. The average molecular weight is 411 g/mol. The van der Waals surface area contributed by atoms with Gasteiger partial charge in [0.1, 0.15) is 11.3 Å². The standard InChI is InChI=1S/C23H23ClN2O3/c1-16(29-18-12-10-17(15-25)11-13-18)22(28)26(2)23(14-6-5-9-21(23)27)19-7-3-4-8-20(19)24/h3-4,7-8,10-13,16H,5-6,9,14H2,1-2H3. The van der Waals surface area contributed by atoms with Crippen molar-refractivity contribution < 1.29 is 14.3 Å². The lowest BCUT2D eigenvalue weighted by Gasteiger charge is -2.44. The Morgan fingerprint density at radius 3 is 2.52 bits per heavy atom. The van der Waals surface area contributed by atoms with Gasteiger partial charge in [-0.25, -0.2) is 0 Å². The van der Waals surface area contributed by atoms with E-state index < -0.39 is 11.6 Å². The Hall–Kier alpha value is -2.84. The molecule has 0 saturated heterocycles. The van der Waals surface area contributed by atoms with Crippen LogP contribution in [0.4, 0.5) is 0 Å². The van der Waals surface area contributed by atoms with E-state index in [1.165, 1.54) is 4.90 Å². The molecule has 0 bridgehead atoms. The first-order chi connectivity index (χ1) is 13.9. The van der Waals surface area contributed by atoms with Crippen LogP contribution in [0.25, 0.3) is 0 Å². The minimum absolute atomic E-state index is 0.00160. The summed E-state index contributed by atoms with van der Waals surface area (Å²) in [6, 6.07) is 15.8. The quantitative estimate of drug-likeness (QED) is 0.728. The summed E-state index contributed by atoms with van der Waals surface area (Å²) < 4.78 is 5.79. The molecule has 0 N–H and O–H groups in total. The highest BCUT2D eigenvalue weighted by Gasteiger charge is 2.48. The van der Waals surface area contributed by atoms with Gasteiger partial charge in [-0.2, -0.15) is 5.26 Å². The molecule has 3 rings (SSSR count). The van der Waals surface area contributed by atoms with Gasteiger partial charge in [-0.1, -0.05) is 29.8 Å². The molecule has 0 radical (unpaired) electrons. The number of nitrogens with zero attached hydrogens (tertiary/aromatic N) is 2. The number of amides is 1. The Morgan fingerprint density at radius 2 is 1.90 bits per heavy atom. The van der Waals surface area contributed by atoms with Crippen LogP contribution in [0.15, 0.2) is 48.5 Å². The monoisotopic (exact) mass is 410 g/mol. The van der Waals surface area contributed by atoms with Crippen LogP contribution in [0.3, 0.4) is 0 Å². The zero-order valence-electron chi connectivity index (χ0n) is 16.5. The molecule has 2 aromatic rings. The van der Waals surface area contributed by atoms with E-state index in [-0.39, 0.29) is 11.7 Å². The van der Waals surface area contributed by atoms with Crippen LogP contribution in [0.1, 0.15) is 43.7 Å². The van der Waals surface area contributed by atoms with Crippen molar-refractivity contribution in [3.63, 3.8) is 0 Å². The Kier molecular flexibility index (Phi) is 6.24. The van der Waals surface area contributed by atoms with Gasteiger partial charge in [-0.3, -0.25) is 9.59 Å². The number of hydrogen-bond acceptors (Lipinski definition) is 4. The maximum Gasteiger partial charge on any atom is 0.264 e. The summed E-state index contributed by atoms with van der Waals surface area (Å²) in [5.74, 6) is 0.183. The zero-order valence-corrected chi connectivity index (χ0v) is 17.3. The number of carbonyl (C=O) groups is 2. The van der Waals surface area contributed by atoms with Crippen LogP contribution < -0.4 is 4.74 Å². The number of ether oxygens (including phenoxy) is 1. The van der Waals surface area contributed by atoms with Gasteiger partial charge in [0.2, 0.25) is 0 Å². The summed E-state index contributed by atoms with van der Waals surface area (Å²) in [6.07, 6.45) is 1.78. The summed E-state index contributed by atoms with van der Waals surface area (Å²) in [4.78, 5) is 27.9. The van der Waals surface area contributed by atoms with Gasteiger partial charge in [0.05, 0.1) is 11.6 Å². The molecule has 29 heavy (non-hydrogen) atoms. The van der Waals surface area contributed by atoms with Crippen LogP contribution in [0.2, 0.25) is 5.02 Å². The second-order valence-corrected chi connectivity index (χ2v) is 7.67. The highest BCUT2D eigenvalue weighted by Crippen LogP contribution is 2.42. The molecule has 150 valence electrons. The van der Waals surface area contributed by atoms with E-state index in [2.05, 4.69) is 0 Å². The fraction of sp³-hybridized carbons (Fsp3) is 0.348. The molecule has 2 aromatic carbocycles. The summed E-state index contributed by atoms with van der Waals surface area (Å²) in [6.45, 7) is 1.66. The first-order valence-corrected chi connectivity index (χ1v) is 10.0. The van der Waals surface area contributed by atoms with Crippen LogP contribution in [-0.4, -0.2) is 29.7 Å². The van der Waals surface area contributed by atoms with Crippen molar-refractivity contribution in [1.29, 1.82) is 5.26 Å². The molecular formula is C23H23ClN2O3. The van der Waals surface area contributed by atoms with Gasteiger partial charge in [0.25, 0.3) is 5.91 Å². The number of likely N-dealkylation sites (N-methyl/N-ethyl adjacent to an activating group) is 1. The van der Waals surface area contributed by atoms with E-state index in [4.69, 9.17) is 21.6 Å². The number of carbonyl (C=O) groups excluding carboxylic acids is 2. The van der Waals surface area contributed by atoms with E-state index in [0.29, 0.717) is 34.7 Å². The lowest BCUT2D eigenvalue weighted by molar-refractivity contribution is -0.152. The molecule has 5 nitrogen and oxygen atoms in total. The summed E-state index contributed by atoms with van der Waals surface area (Å²) in [5, 5.41) is 9.38. The molecule has 1 fully saturated rings. The number of ketones is 1. The average Bonchev–Trinajstić information content (AvgIpc) is 2.74. The first-order valence-electron chi connectivity index (χ1n) is 9.63. The highest BCUT2D eigenvalue weighted by molar-refractivity contribution is 6.31. The summed E-state index contributed by atoms with van der Waals surface area (Å²) in [5.41, 5.74) is 0.0855. The van der Waals surface area contributed by atoms with Crippen molar-refractivity contribution >= 4 is 23.3 Å². The van der Waals surface area contributed by atoms with E-state index >= 15 is 0 Å². The van der Waals surface area contributed by atoms with Crippen LogP contribution in [0, 0.1) is 11.3 Å². The second kappa shape index (κ2) is 8.67. The normalized spacial score (nSPS) is 19.9. The summed E-state index contributed by atoms with van der Waals surface area (Å²) >= 11 is 6.45. The van der Waals surface area contributed by atoms with Gasteiger partial charge >= 0.3 is 0 Å². The molecule has 0 aliphatic heterocycles. The molecule has 6 heteroatoms. The lowest BCUT2D eigenvalue weighted by atomic mass is 9.74. The minimum Gasteiger partial charge on any atom is -0.481 e. The Bertz CT molecular complexity index is 951. The molecule has 0 spiro atoms. The van der Waals surface area contributed by atoms with Gasteiger partial charge in [0, 0.05) is 24.1 Å². The maximum absolute atomic E-state index is 13.3. The molecule has 1 aliphatic carbocycles. The van der Waals surface area contributed by atoms with E-state index in [0.717, 1.165) is 12.8 Å². The van der Waals surface area contributed by atoms with Crippen molar-refractivity contribution in [2.24, 2.45) is 0 Å². The van der Waals surface area contributed by atoms with Crippen molar-refractivity contribution in [3.8, 4) is 11.8 Å². The van der Waals surface area contributed by atoms with E-state index in [1.54, 1.807) is 44.3 Å². The van der Waals surface area contributed by atoms with Crippen molar-refractivity contribution in [2.75, 3.05) is 7.05 Å². The molecule has 2 atom stereocenters. The fourth-order valence-electron chi connectivity index (χ4n) is 3.95. The fourth-order valence-corrected chi connectivity index (χ4v) is 4.24. The predicted octanol–water partition coefficient (Wildman–Crippen LogP) is 4.48. The SMILES string of the molecule is CC(Oc1ccc(C#N)cc1)C(=O)N(C)C1(c2ccccc2Cl)CCCCC1=O. The Labute approximate surface area is 175 Å². The number of rotatable bonds is 5.